The summed E-state index contributed by atoms with van der Waals surface area (Å²) in [5.74, 6) is -0.763. The van der Waals surface area contributed by atoms with E-state index in [1.807, 2.05) is 0 Å². The third-order valence-electron chi connectivity index (χ3n) is 5.85. The minimum Gasteiger partial charge on any atom is -0.449 e. The van der Waals surface area contributed by atoms with Crippen LogP contribution in [0.4, 0.5) is 0 Å². The number of sulfonamides is 1. The number of morpholine rings is 1. The van der Waals surface area contributed by atoms with E-state index >= 15 is 0 Å². The maximum atomic E-state index is 12.9. The molecule has 1 aromatic carbocycles. The number of ether oxygens (including phenoxy) is 2. The van der Waals surface area contributed by atoms with Crippen molar-refractivity contribution in [1.29, 1.82) is 0 Å². The van der Waals surface area contributed by atoms with Gasteiger partial charge in [-0.05, 0) is 43.9 Å². The largest absolute Gasteiger partial charge is 0.449 e. The monoisotopic (exact) mass is 472 g/mol. The molecule has 3 atom stereocenters. The Kier molecular flexibility index (Phi) is 7.96. The van der Waals surface area contributed by atoms with E-state index in [1.54, 1.807) is 0 Å². The van der Waals surface area contributed by atoms with Gasteiger partial charge in [0.05, 0.1) is 23.8 Å². The Balaban J connectivity index is 1.68. The maximum absolute atomic E-state index is 12.9. The summed E-state index contributed by atoms with van der Waals surface area (Å²) in [5, 5.41) is 2.98. The second-order valence-corrected chi connectivity index (χ2v) is 10.4. The SMILES string of the molecule is C[C@H](OC(=O)c1ccc(Cl)c(S(=O)(=O)N2CCOCC2)c1)C(=O)N[C@@H]1CCCC[C@@H]1C. The van der Waals surface area contributed by atoms with Crippen molar-refractivity contribution < 1.29 is 27.5 Å². The fraction of sp³-hybridized carbons (Fsp3) is 0.619. The smallest absolute Gasteiger partial charge is 0.338 e. The van der Waals surface area contributed by atoms with Crippen LogP contribution < -0.4 is 5.32 Å². The van der Waals surface area contributed by atoms with Crippen LogP contribution in [-0.2, 0) is 24.3 Å². The zero-order valence-electron chi connectivity index (χ0n) is 17.8. The third-order valence-corrected chi connectivity index (χ3v) is 8.23. The van der Waals surface area contributed by atoms with Crippen LogP contribution in [0.25, 0.3) is 0 Å². The van der Waals surface area contributed by atoms with E-state index in [0.29, 0.717) is 19.1 Å². The molecule has 0 aromatic heterocycles. The van der Waals surface area contributed by atoms with Gasteiger partial charge < -0.3 is 14.8 Å². The highest BCUT2D eigenvalue weighted by molar-refractivity contribution is 7.89. The summed E-state index contributed by atoms with van der Waals surface area (Å²) < 4.78 is 37.6. The first-order valence-corrected chi connectivity index (χ1v) is 12.4. The molecule has 31 heavy (non-hydrogen) atoms. The summed E-state index contributed by atoms with van der Waals surface area (Å²) in [6.07, 6.45) is 3.19. The van der Waals surface area contributed by atoms with Gasteiger partial charge in [0.1, 0.15) is 4.90 Å². The first-order valence-electron chi connectivity index (χ1n) is 10.6. The molecule has 1 aromatic rings. The molecule has 1 aliphatic heterocycles. The van der Waals surface area contributed by atoms with Crippen LogP contribution in [0, 0.1) is 5.92 Å². The molecule has 10 heteroatoms. The predicted octanol–water partition coefficient (Wildman–Crippen LogP) is 2.60. The van der Waals surface area contributed by atoms with Gasteiger partial charge in [0.15, 0.2) is 6.10 Å². The van der Waals surface area contributed by atoms with Crippen molar-refractivity contribution in [2.45, 2.75) is 56.6 Å². The van der Waals surface area contributed by atoms with Crippen molar-refractivity contribution in [2.75, 3.05) is 26.3 Å². The highest BCUT2D eigenvalue weighted by atomic mass is 35.5. The molecule has 172 valence electrons. The number of amides is 1. The van der Waals surface area contributed by atoms with E-state index in [1.165, 1.54) is 29.4 Å². The Bertz CT molecular complexity index is 916. The summed E-state index contributed by atoms with van der Waals surface area (Å²) >= 11 is 6.13. The van der Waals surface area contributed by atoms with Gasteiger partial charge in [0.2, 0.25) is 10.0 Å². The second kappa shape index (κ2) is 10.3. The maximum Gasteiger partial charge on any atom is 0.338 e. The number of hydrogen-bond donors (Lipinski definition) is 1. The van der Waals surface area contributed by atoms with Gasteiger partial charge in [-0.15, -0.1) is 0 Å². The Morgan fingerprint density at radius 1 is 1.23 bits per heavy atom. The lowest BCUT2D eigenvalue weighted by molar-refractivity contribution is -0.130. The Hall–Kier alpha value is -1.68. The zero-order valence-corrected chi connectivity index (χ0v) is 19.4. The van der Waals surface area contributed by atoms with Gasteiger partial charge in [-0.3, -0.25) is 4.79 Å². The van der Waals surface area contributed by atoms with Crippen LogP contribution in [0.3, 0.4) is 0 Å². The van der Waals surface area contributed by atoms with Crippen molar-refractivity contribution >= 4 is 33.5 Å². The average Bonchev–Trinajstić information content (AvgIpc) is 2.76. The van der Waals surface area contributed by atoms with Crippen molar-refractivity contribution in [2.24, 2.45) is 5.92 Å². The van der Waals surface area contributed by atoms with Gasteiger partial charge in [0.25, 0.3) is 5.91 Å². The first-order chi connectivity index (χ1) is 14.7. The number of nitrogens with one attached hydrogen (secondary N) is 1. The second-order valence-electron chi connectivity index (χ2n) is 8.09. The van der Waals surface area contributed by atoms with Crippen LogP contribution >= 0.6 is 11.6 Å². The molecule has 0 bridgehead atoms. The number of benzene rings is 1. The van der Waals surface area contributed by atoms with Crippen LogP contribution in [0.2, 0.25) is 5.02 Å². The van der Waals surface area contributed by atoms with Crippen molar-refractivity contribution in [3.63, 3.8) is 0 Å². The number of hydrogen-bond acceptors (Lipinski definition) is 6. The molecular weight excluding hydrogens is 444 g/mol. The predicted molar refractivity (Wildman–Crippen MR) is 115 cm³/mol. The number of esters is 1. The highest BCUT2D eigenvalue weighted by Gasteiger charge is 2.30. The Morgan fingerprint density at radius 2 is 1.90 bits per heavy atom. The molecule has 1 heterocycles. The lowest BCUT2D eigenvalue weighted by Gasteiger charge is -2.30. The number of rotatable bonds is 6. The summed E-state index contributed by atoms with van der Waals surface area (Å²) in [6.45, 7) is 4.62. The van der Waals surface area contributed by atoms with Crippen molar-refractivity contribution in [3.05, 3.63) is 28.8 Å². The molecule has 2 fully saturated rings. The average molecular weight is 473 g/mol. The molecule has 1 N–H and O–H groups in total. The fourth-order valence-corrected chi connectivity index (χ4v) is 5.78. The molecule has 1 amide bonds. The quantitative estimate of drug-likeness (QED) is 0.638. The normalized spacial score (nSPS) is 23.7. The Morgan fingerprint density at radius 3 is 2.58 bits per heavy atom. The van der Waals surface area contributed by atoms with E-state index in [2.05, 4.69) is 12.2 Å². The third kappa shape index (κ3) is 5.77. The molecule has 0 unspecified atom stereocenters. The standard InChI is InChI=1S/C21H29ClN2O6S/c1-14-5-3-4-6-18(14)23-20(25)15(2)30-21(26)16-7-8-17(22)19(13-16)31(27,28)24-9-11-29-12-10-24/h7-8,13-15,18H,3-6,9-12H2,1-2H3,(H,23,25)/t14-,15-,18+/m0/s1. The van der Waals surface area contributed by atoms with Crippen LogP contribution in [0.1, 0.15) is 49.9 Å². The van der Waals surface area contributed by atoms with E-state index < -0.39 is 22.1 Å². The highest BCUT2D eigenvalue weighted by Crippen LogP contribution is 2.27. The van der Waals surface area contributed by atoms with Gasteiger partial charge in [-0.1, -0.05) is 31.4 Å². The van der Waals surface area contributed by atoms with Gasteiger partial charge in [-0.2, -0.15) is 4.31 Å². The number of carbonyl (C=O) groups excluding carboxylic acids is 2. The minimum atomic E-state index is -3.88. The molecule has 3 rings (SSSR count). The minimum absolute atomic E-state index is 0.0140. The van der Waals surface area contributed by atoms with Crippen LogP contribution in [0.5, 0.6) is 0 Å². The molecule has 0 radical (unpaired) electrons. The lowest BCUT2D eigenvalue weighted by Crippen LogP contribution is -2.46. The molecule has 2 aliphatic rings. The van der Waals surface area contributed by atoms with E-state index in [0.717, 1.165) is 25.7 Å². The van der Waals surface area contributed by atoms with Gasteiger partial charge in [0, 0.05) is 19.1 Å². The van der Waals surface area contributed by atoms with Crippen LogP contribution in [-0.4, -0.2) is 63.0 Å². The van der Waals surface area contributed by atoms with Crippen molar-refractivity contribution in [1.82, 2.24) is 9.62 Å². The van der Waals surface area contributed by atoms with E-state index in [9.17, 15) is 18.0 Å². The van der Waals surface area contributed by atoms with E-state index in [4.69, 9.17) is 21.1 Å². The first kappa shape index (κ1) is 24.0. The fourth-order valence-electron chi connectivity index (χ4n) is 3.87. The lowest BCUT2D eigenvalue weighted by atomic mass is 9.86. The van der Waals surface area contributed by atoms with Crippen molar-refractivity contribution in [3.8, 4) is 0 Å². The van der Waals surface area contributed by atoms with Gasteiger partial charge in [-0.25, -0.2) is 13.2 Å². The molecule has 0 spiro atoms. The zero-order chi connectivity index (χ0) is 22.6. The number of halogens is 1. The summed E-state index contributed by atoms with van der Waals surface area (Å²) in [4.78, 5) is 24.9. The van der Waals surface area contributed by atoms with Crippen LogP contribution in [0.15, 0.2) is 23.1 Å². The molecule has 1 saturated heterocycles. The molecular formula is C21H29ClN2O6S. The van der Waals surface area contributed by atoms with Gasteiger partial charge >= 0.3 is 5.97 Å². The Labute approximate surface area is 188 Å². The summed E-state index contributed by atoms with van der Waals surface area (Å²) in [5.41, 5.74) is 0.0157. The molecule has 1 saturated carbocycles. The molecule has 1 aliphatic carbocycles. The van der Waals surface area contributed by atoms with E-state index in [-0.39, 0.29) is 40.5 Å². The number of nitrogens with zero attached hydrogens (tertiary/aromatic N) is 1. The topological polar surface area (TPSA) is 102 Å². The number of carbonyl (C=O) groups is 2. The summed E-state index contributed by atoms with van der Waals surface area (Å²) in [6, 6.07) is 4.00. The summed E-state index contributed by atoms with van der Waals surface area (Å²) in [7, 11) is -3.88. The molecule has 8 nitrogen and oxygen atoms in total.